The first kappa shape index (κ1) is 16.0. The van der Waals surface area contributed by atoms with Gasteiger partial charge in [0, 0.05) is 21.8 Å². The third-order valence-electron chi connectivity index (χ3n) is 4.31. The fourth-order valence-electron chi connectivity index (χ4n) is 3.10. The van der Waals surface area contributed by atoms with Crippen molar-refractivity contribution >= 4 is 26.9 Å². The lowest BCUT2D eigenvalue weighted by Gasteiger charge is -2.06. The monoisotopic (exact) mass is 392 g/mol. The molecule has 2 nitrogen and oxygen atoms in total. The van der Waals surface area contributed by atoms with E-state index in [9.17, 15) is 0 Å². The summed E-state index contributed by atoms with van der Waals surface area (Å²) < 4.78 is 12.5. The third kappa shape index (κ3) is 3.20. The molecule has 3 aromatic carbocycles. The normalized spacial score (nSPS) is 11.0. The molecular formula is C22H17BrO2. The van der Waals surface area contributed by atoms with Gasteiger partial charge in [-0.15, -0.1) is 0 Å². The van der Waals surface area contributed by atoms with Crippen LogP contribution in [-0.4, -0.2) is 7.11 Å². The first-order chi connectivity index (χ1) is 12.2. The summed E-state index contributed by atoms with van der Waals surface area (Å²) >= 11 is 3.58. The average Bonchev–Trinajstić information content (AvgIpc) is 2.99. The van der Waals surface area contributed by atoms with Gasteiger partial charge in [0.1, 0.15) is 17.1 Å². The molecule has 25 heavy (non-hydrogen) atoms. The zero-order valence-electron chi connectivity index (χ0n) is 13.8. The van der Waals surface area contributed by atoms with Crippen LogP contribution in [0, 0.1) is 0 Å². The van der Waals surface area contributed by atoms with Crippen molar-refractivity contribution in [1.82, 2.24) is 0 Å². The van der Waals surface area contributed by atoms with Crippen LogP contribution in [0.5, 0.6) is 5.75 Å². The summed E-state index contributed by atoms with van der Waals surface area (Å²) in [6.45, 7) is 0. The molecule has 1 heterocycles. The van der Waals surface area contributed by atoms with Gasteiger partial charge in [-0.25, -0.2) is 0 Å². The number of hydrogen-bond donors (Lipinski definition) is 0. The molecule has 4 aromatic rings. The van der Waals surface area contributed by atoms with Gasteiger partial charge in [-0.2, -0.15) is 0 Å². The van der Waals surface area contributed by atoms with Crippen molar-refractivity contribution in [2.24, 2.45) is 0 Å². The molecule has 0 amide bonds. The molecule has 0 spiro atoms. The van der Waals surface area contributed by atoms with Crippen molar-refractivity contribution in [2.75, 3.05) is 7.11 Å². The number of rotatable bonds is 4. The van der Waals surface area contributed by atoms with E-state index in [0.29, 0.717) is 0 Å². The lowest BCUT2D eigenvalue weighted by atomic mass is 9.98. The Morgan fingerprint density at radius 1 is 0.920 bits per heavy atom. The molecule has 124 valence electrons. The third-order valence-corrected chi connectivity index (χ3v) is 4.80. The molecule has 0 aliphatic heterocycles. The molecule has 0 bridgehead atoms. The van der Waals surface area contributed by atoms with Gasteiger partial charge in [-0.3, -0.25) is 0 Å². The van der Waals surface area contributed by atoms with E-state index in [2.05, 4.69) is 58.4 Å². The highest BCUT2D eigenvalue weighted by Gasteiger charge is 2.17. The first-order valence-corrected chi connectivity index (χ1v) is 8.93. The molecular weight excluding hydrogens is 376 g/mol. The highest BCUT2D eigenvalue weighted by Crippen LogP contribution is 2.38. The van der Waals surface area contributed by atoms with Crippen LogP contribution in [0.25, 0.3) is 22.1 Å². The number of benzene rings is 3. The maximum absolute atomic E-state index is 6.22. The topological polar surface area (TPSA) is 22.4 Å². The van der Waals surface area contributed by atoms with Gasteiger partial charge < -0.3 is 9.15 Å². The molecule has 0 atom stereocenters. The number of furan rings is 1. The zero-order chi connectivity index (χ0) is 17.2. The number of methoxy groups -OCH3 is 1. The van der Waals surface area contributed by atoms with Crippen LogP contribution in [0.1, 0.15) is 11.3 Å². The fraction of sp³-hybridized carbons (Fsp3) is 0.0909. The van der Waals surface area contributed by atoms with E-state index in [1.54, 1.807) is 7.11 Å². The zero-order valence-corrected chi connectivity index (χ0v) is 15.4. The minimum atomic E-state index is 0.758. The predicted octanol–water partition coefficient (Wildman–Crippen LogP) is 6.46. The minimum absolute atomic E-state index is 0.758. The summed E-state index contributed by atoms with van der Waals surface area (Å²) in [7, 11) is 1.68. The maximum atomic E-state index is 6.22. The van der Waals surface area contributed by atoms with Crippen molar-refractivity contribution in [1.29, 1.82) is 0 Å². The predicted molar refractivity (Wildman–Crippen MR) is 105 cm³/mol. The Hall–Kier alpha value is -2.52. The van der Waals surface area contributed by atoms with Crippen LogP contribution >= 0.6 is 15.9 Å². The molecule has 0 radical (unpaired) electrons. The van der Waals surface area contributed by atoms with Crippen molar-refractivity contribution in [2.45, 2.75) is 6.42 Å². The number of fused-ring (bicyclic) bond motifs is 1. The Bertz CT molecular complexity index is 1000. The maximum Gasteiger partial charge on any atom is 0.135 e. The molecule has 0 fully saturated rings. The Labute approximate surface area is 155 Å². The van der Waals surface area contributed by atoms with Gasteiger partial charge >= 0.3 is 0 Å². The molecule has 0 N–H and O–H groups in total. The second-order valence-electron chi connectivity index (χ2n) is 5.93. The standard InChI is InChI=1S/C22H17BrO2/c1-24-18-10-7-16(8-11-18)22-19-14-17(23)9-12-20(19)25-21(22)13-15-5-3-2-4-6-15/h2-12,14H,13H2,1H3. The van der Waals surface area contributed by atoms with Gasteiger partial charge in [0.2, 0.25) is 0 Å². The van der Waals surface area contributed by atoms with Gasteiger partial charge in [0.25, 0.3) is 0 Å². The first-order valence-electron chi connectivity index (χ1n) is 8.14. The molecule has 0 saturated carbocycles. The largest absolute Gasteiger partial charge is 0.497 e. The van der Waals surface area contributed by atoms with E-state index in [-0.39, 0.29) is 0 Å². The lowest BCUT2D eigenvalue weighted by Crippen LogP contribution is -1.89. The second kappa shape index (κ2) is 6.77. The highest BCUT2D eigenvalue weighted by molar-refractivity contribution is 9.10. The lowest BCUT2D eigenvalue weighted by molar-refractivity contribution is 0.415. The average molecular weight is 393 g/mol. The summed E-state index contributed by atoms with van der Waals surface area (Å²) in [5.41, 5.74) is 4.40. The number of halogens is 1. The van der Waals surface area contributed by atoms with E-state index in [1.807, 2.05) is 30.3 Å². The quantitative estimate of drug-likeness (QED) is 0.397. The molecule has 4 rings (SSSR count). The summed E-state index contributed by atoms with van der Waals surface area (Å²) in [6, 6.07) is 24.7. The number of hydrogen-bond acceptors (Lipinski definition) is 2. The van der Waals surface area contributed by atoms with Crippen LogP contribution < -0.4 is 4.74 Å². The SMILES string of the molecule is COc1ccc(-c2c(Cc3ccccc3)oc3ccc(Br)cc23)cc1. The number of ether oxygens (including phenoxy) is 1. The Morgan fingerprint density at radius 2 is 1.68 bits per heavy atom. The van der Waals surface area contributed by atoms with Crippen LogP contribution in [0.4, 0.5) is 0 Å². The molecule has 1 aromatic heterocycles. The van der Waals surface area contributed by atoms with Crippen molar-refractivity contribution in [3.63, 3.8) is 0 Å². The van der Waals surface area contributed by atoms with Gasteiger partial charge in [0.05, 0.1) is 7.11 Å². The van der Waals surface area contributed by atoms with Crippen LogP contribution in [0.15, 0.2) is 81.7 Å². The summed E-state index contributed by atoms with van der Waals surface area (Å²) in [6.07, 6.45) is 0.758. The van der Waals surface area contributed by atoms with E-state index < -0.39 is 0 Å². The highest BCUT2D eigenvalue weighted by atomic mass is 79.9. The molecule has 0 aliphatic carbocycles. The van der Waals surface area contributed by atoms with E-state index in [1.165, 1.54) is 5.56 Å². The fourth-order valence-corrected chi connectivity index (χ4v) is 3.46. The van der Waals surface area contributed by atoms with Crippen LogP contribution in [-0.2, 0) is 6.42 Å². The van der Waals surface area contributed by atoms with Gasteiger partial charge in [-0.1, -0.05) is 58.4 Å². The molecule has 0 unspecified atom stereocenters. The van der Waals surface area contributed by atoms with Crippen molar-refractivity contribution in [3.05, 3.63) is 88.6 Å². The summed E-state index contributed by atoms with van der Waals surface area (Å²) in [4.78, 5) is 0. The van der Waals surface area contributed by atoms with Gasteiger partial charge in [-0.05, 0) is 41.5 Å². The van der Waals surface area contributed by atoms with E-state index in [0.717, 1.165) is 44.5 Å². The second-order valence-corrected chi connectivity index (χ2v) is 6.85. The summed E-state index contributed by atoms with van der Waals surface area (Å²) in [5, 5.41) is 1.12. The van der Waals surface area contributed by atoms with Crippen molar-refractivity contribution < 1.29 is 9.15 Å². The Balaban J connectivity index is 1.89. The smallest absolute Gasteiger partial charge is 0.135 e. The van der Waals surface area contributed by atoms with E-state index >= 15 is 0 Å². The molecule has 0 aliphatic rings. The van der Waals surface area contributed by atoms with E-state index in [4.69, 9.17) is 9.15 Å². The molecule has 3 heteroatoms. The Kier molecular flexibility index (Phi) is 4.33. The van der Waals surface area contributed by atoms with Crippen LogP contribution in [0.2, 0.25) is 0 Å². The minimum Gasteiger partial charge on any atom is -0.497 e. The van der Waals surface area contributed by atoms with Gasteiger partial charge in [0.15, 0.2) is 0 Å². The Morgan fingerprint density at radius 3 is 2.40 bits per heavy atom. The molecule has 0 saturated heterocycles. The summed E-state index contributed by atoms with van der Waals surface area (Å²) in [5.74, 6) is 1.83. The van der Waals surface area contributed by atoms with Crippen LogP contribution in [0.3, 0.4) is 0 Å². The van der Waals surface area contributed by atoms with Crippen molar-refractivity contribution in [3.8, 4) is 16.9 Å².